The summed E-state index contributed by atoms with van der Waals surface area (Å²) in [5.74, 6) is 0.245. The van der Waals surface area contributed by atoms with Gasteiger partial charge in [0.2, 0.25) is 0 Å². The number of carbonyl (C=O) groups excluding carboxylic acids is 2. The smallest absolute Gasteiger partial charge is 0.157 e. The molecule has 0 unspecified atom stereocenters. The minimum absolute atomic E-state index is 0.123. The average molecular weight is 438 g/mol. The molecule has 3 heteroatoms. The highest BCUT2D eigenvalue weighted by molar-refractivity contribution is 6.06. The Kier molecular flexibility index (Phi) is 23.4. The van der Waals surface area contributed by atoms with Gasteiger partial charge in [0.1, 0.15) is 6.04 Å². The van der Waals surface area contributed by atoms with Gasteiger partial charge >= 0.3 is 0 Å². The number of unbranched alkanes of at least 4 members (excludes halogenated alkanes) is 16. The Morgan fingerprint density at radius 2 is 0.806 bits per heavy atom. The lowest BCUT2D eigenvalue weighted by molar-refractivity contribution is -0.130. The average Bonchev–Trinajstić information content (AvgIpc) is 2.77. The van der Waals surface area contributed by atoms with Gasteiger partial charge in [-0.3, -0.25) is 9.59 Å². The van der Waals surface area contributed by atoms with E-state index in [-0.39, 0.29) is 11.6 Å². The summed E-state index contributed by atoms with van der Waals surface area (Å²) in [6.07, 6.45) is 24.6. The van der Waals surface area contributed by atoms with E-state index < -0.39 is 6.04 Å². The van der Waals surface area contributed by atoms with Gasteiger partial charge in [0.15, 0.2) is 11.6 Å². The second-order valence-electron chi connectivity index (χ2n) is 9.48. The van der Waals surface area contributed by atoms with Gasteiger partial charge in [0, 0.05) is 12.8 Å². The van der Waals surface area contributed by atoms with Crippen LogP contribution in [0.2, 0.25) is 0 Å². The van der Waals surface area contributed by atoms with Crippen LogP contribution < -0.4 is 5.32 Å². The molecule has 0 aromatic heterocycles. The van der Waals surface area contributed by atoms with Crippen molar-refractivity contribution in [2.45, 2.75) is 162 Å². The zero-order valence-electron chi connectivity index (χ0n) is 21.5. The lowest BCUT2D eigenvalue weighted by atomic mass is 9.97. The van der Waals surface area contributed by atoms with Crippen LogP contribution in [0.4, 0.5) is 0 Å². The molecule has 0 heterocycles. The van der Waals surface area contributed by atoms with E-state index in [0.717, 1.165) is 38.6 Å². The second-order valence-corrected chi connectivity index (χ2v) is 9.48. The highest BCUT2D eigenvalue weighted by Gasteiger charge is 2.24. The van der Waals surface area contributed by atoms with E-state index in [2.05, 4.69) is 26.1 Å². The number of rotatable bonds is 25. The first-order chi connectivity index (χ1) is 15.2. The summed E-state index contributed by atoms with van der Waals surface area (Å²) in [4.78, 5) is 25.3. The summed E-state index contributed by atoms with van der Waals surface area (Å²) in [6.45, 7) is 7.33. The fraction of sp³-hybridized carbons (Fsp3) is 0.929. The van der Waals surface area contributed by atoms with Gasteiger partial charge in [-0.2, -0.15) is 0 Å². The predicted octanol–water partition coefficient (Wildman–Crippen LogP) is 8.33. The highest BCUT2D eigenvalue weighted by Crippen LogP contribution is 2.13. The summed E-state index contributed by atoms with van der Waals surface area (Å²) < 4.78 is 0. The molecule has 0 aliphatic heterocycles. The molecular formula is C28H55NO2. The van der Waals surface area contributed by atoms with Gasteiger partial charge in [-0.1, -0.05) is 124 Å². The van der Waals surface area contributed by atoms with Gasteiger partial charge in [0.25, 0.3) is 0 Å². The number of hydrogen-bond acceptors (Lipinski definition) is 3. The van der Waals surface area contributed by atoms with Crippen LogP contribution in [0.1, 0.15) is 156 Å². The van der Waals surface area contributed by atoms with Crippen LogP contribution in [0.5, 0.6) is 0 Å². The number of ketones is 2. The van der Waals surface area contributed by atoms with Crippen LogP contribution >= 0.6 is 0 Å². The minimum atomic E-state index is -0.553. The summed E-state index contributed by atoms with van der Waals surface area (Å²) in [7, 11) is 0. The van der Waals surface area contributed by atoms with Crippen molar-refractivity contribution >= 4 is 11.6 Å². The van der Waals surface area contributed by atoms with Crippen molar-refractivity contribution in [1.29, 1.82) is 0 Å². The molecule has 0 aromatic rings. The molecule has 0 aliphatic carbocycles. The Morgan fingerprint density at radius 3 is 1.13 bits per heavy atom. The molecule has 0 aliphatic rings. The van der Waals surface area contributed by atoms with E-state index in [9.17, 15) is 9.59 Å². The Labute approximate surface area is 194 Å². The second kappa shape index (κ2) is 24.0. The molecule has 0 radical (unpaired) electrons. The maximum atomic E-state index is 12.7. The van der Waals surface area contributed by atoms with Crippen molar-refractivity contribution in [2.24, 2.45) is 0 Å². The molecular weight excluding hydrogens is 382 g/mol. The first-order valence-corrected chi connectivity index (χ1v) is 14.0. The third-order valence-corrected chi connectivity index (χ3v) is 6.30. The van der Waals surface area contributed by atoms with E-state index in [1.165, 1.54) is 89.9 Å². The molecule has 0 rings (SSSR count). The standard InChI is InChI=1S/C28H55NO2/c1-4-7-9-11-13-15-17-19-21-23-26(30)28(29-25-6-3)27(31)24-22-20-18-16-14-12-10-8-5-2/h28-29H,4-25H2,1-3H3. The molecule has 0 aromatic carbocycles. The number of carbonyl (C=O) groups is 2. The van der Waals surface area contributed by atoms with Crippen molar-refractivity contribution in [3.63, 3.8) is 0 Å². The van der Waals surface area contributed by atoms with E-state index >= 15 is 0 Å². The lowest BCUT2D eigenvalue weighted by Gasteiger charge is -2.16. The van der Waals surface area contributed by atoms with Gasteiger partial charge in [-0.15, -0.1) is 0 Å². The van der Waals surface area contributed by atoms with Crippen molar-refractivity contribution in [1.82, 2.24) is 5.32 Å². The van der Waals surface area contributed by atoms with Crippen molar-refractivity contribution in [3.05, 3.63) is 0 Å². The van der Waals surface area contributed by atoms with Gasteiger partial charge < -0.3 is 5.32 Å². The quantitative estimate of drug-likeness (QED) is 0.115. The summed E-state index contributed by atoms with van der Waals surface area (Å²) in [5, 5.41) is 3.23. The third-order valence-electron chi connectivity index (χ3n) is 6.30. The molecule has 0 fully saturated rings. The van der Waals surface area contributed by atoms with Crippen molar-refractivity contribution in [3.8, 4) is 0 Å². The van der Waals surface area contributed by atoms with E-state index in [4.69, 9.17) is 0 Å². The molecule has 1 N–H and O–H groups in total. The normalized spacial score (nSPS) is 11.4. The van der Waals surface area contributed by atoms with Crippen LogP contribution in [0, 0.1) is 0 Å². The summed E-state index contributed by atoms with van der Waals surface area (Å²) in [6, 6.07) is -0.553. The Hall–Kier alpha value is -0.700. The minimum Gasteiger partial charge on any atom is -0.301 e. The molecule has 0 amide bonds. The molecule has 0 atom stereocenters. The van der Waals surface area contributed by atoms with Crippen molar-refractivity contribution < 1.29 is 9.59 Å². The van der Waals surface area contributed by atoms with E-state index in [1.807, 2.05) is 0 Å². The summed E-state index contributed by atoms with van der Waals surface area (Å²) in [5.41, 5.74) is 0. The fourth-order valence-corrected chi connectivity index (χ4v) is 4.20. The molecule has 0 saturated heterocycles. The molecule has 0 spiro atoms. The first kappa shape index (κ1) is 30.3. The van der Waals surface area contributed by atoms with Crippen LogP contribution in [-0.2, 0) is 9.59 Å². The first-order valence-electron chi connectivity index (χ1n) is 14.0. The van der Waals surface area contributed by atoms with Gasteiger partial charge in [0.05, 0.1) is 0 Å². The van der Waals surface area contributed by atoms with Crippen LogP contribution in [0.3, 0.4) is 0 Å². The lowest BCUT2D eigenvalue weighted by Crippen LogP contribution is -2.43. The Balaban J connectivity index is 3.94. The van der Waals surface area contributed by atoms with Gasteiger partial charge in [-0.25, -0.2) is 0 Å². The number of nitrogens with one attached hydrogen (secondary N) is 1. The van der Waals surface area contributed by atoms with Crippen molar-refractivity contribution in [2.75, 3.05) is 6.54 Å². The third kappa shape index (κ3) is 19.7. The van der Waals surface area contributed by atoms with Crippen LogP contribution in [0.25, 0.3) is 0 Å². The molecule has 0 saturated carbocycles. The van der Waals surface area contributed by atoms with Crippen LogP contribution in [-0.4, -0.2) is 24.2 Å². The Bertz CT molecular complexity index is 374. The molecule has 0 bridgehead atoms. The van der Waals surface area contributed by atoms with Gasteiger partial charge in [-0.05, 0) is 25.8 Å². The monoisotopic (exact) mass is 437 g/mol. The fourth-order valence-electron chi connectivity index (χ4n) is 4.20. The zero-order chi connectivity index (χ0) is 23.0. The number of Topliss-reactive ketones (excluding diaryl/α,β-unsaturated/α-hetero) is 2. The topological polar surface area (TPSA) is 46.2 Å². The zero-order valence-corrected chi connectivity index (χ0v) is 21.5. The predicted molar refractivity (Wildman–Crippen MR) is 136 cm³/mol. The largest absolute Gasteiger partial charge is 0.301 e. The maximum absolute atomic E-state index is 12.7. The van der Waals surface area contributed by atoms with E-state index in [0.29, 0.717) is 12.8 Å². The molecule has 31 heavy (non-hydrogen) atoms. The Morgan fingerprint density at radius 1 is 0.484 bits per heavy atom. The molecule has 3 nitrogen and oxygen atoms in total. The maximum Gasteiger partial charge on any atom is 0.157 e. The van der Waals surface area contributed by atoms with E-state index in [1.54, 1.807) is 0 Å². The van der Waals surface area contributed by atoms with Crippen LogP contribution in [0.15, 0.2) is 0 Å². The number of hydrogen-bond donors (Lipinski definition) is 1. The highest BCUT2D eigenvalue weighted by atomic mass is 16.2. The molecule has 184 valence electrons. The summed E-state index contributed by atoms with van der Waals surface area (Å²) >= 11 is 0. The SMILES string of the molecule is CCCCCCCCCCCC(=O)C(NCCC)C(=O)CCCCCCCCCCC.